The summed E-state index contributed by atoms with van der Waals surface area (Å²) in [7, 11) is 0. The molecule has 1 aliphatic rings. The van der Waals surface area contributed by atoms with Crippen LogP contribution in [0.1, 0.15) is 48.8 Å². The standard InChI is InChI=1S/C37H38N4OS/c42-37(40-35-20-18-33(19-21-35)36-9-5-23-43-36)41(27-30-6-4-22-38-24-30)26-29-12-16-32(17-13-29)31-14-10-28(11-15-31)25-39-34-7-2-1-3-8-34/h4-6,9-24,34,39H,1-3,7-8,25-27H2,(H,40,42). The molecule has 2 aromatic heterocycles. The van der Waals surface area contributed by atoms with Crippen molar-refractivity contribution in [1.82, 2.24) is 15.2 Å². The predicted octanol–water partition coefficient (Wildman–Crippen LogP) is 9.13. The van der Waals surface area contributed by atoms with Crippen LogP contribution in [-0.4, -0.2) is 22.0 Å². The normalized spacial score (nSPS) is 13.5. The summed E-state index contributed by atoms with van der Waals surface area (Å²) in [6.45, 7) is 1.88. The summed E-state index contributed by atoms with van der Waals surface area (Å²) in [5.41, 5.74) is 7.67. The molecule has 43 heavy (non-hydrogen) atoms. The summed E-state index contributed by atoms with van der Waals surface area (Å²) >= 11 is 1.71. The van der Waals surface area contributed by atoms with E-state index in [-0.39, 0.29) is 6.03 Å². The highest BCUT2D eigenvalue weighted by Gasteiger charge is 2.16. The van der Waals surface area contributed by atoms with Crippen molar-refractivity contribution >= 4 is 23.1 Å². The monoisotopic (exact) mass is 586 g/mol. The van der Waals surface area contributed by atoms with Crippen LogP contribution < -0.4 is 10.6 Å². The molecule has 3 aromatic carbocycles. The van der Waals surface area contributed by atoms with E-state index in [0.29, 0.717) is 19.1 Å². The average Bonchev–Trinajstić information content (AvgIpc) is 3.61. The lowest BCUT2D eigenvalue weighted by molar-refractivity contribution is 0.206. The molecule has 1 saturated carbocycles. The third-order valence-electron chi connectivity index (χ3n) is 8.14. The lowest BCUT2D eigenvalue weighted by Crippen LogP contribution is -2.34. The van der Waals surface area contributed by atoms with Gasteiger partial charge in [-0.25, -0.2) is 4.79 Å². The molecule has 0 spiro atoms. The minimum absolute atomic E-state index is 0.144. The van der Waals surface area contributed by atoms with E-state index in [2.05, 4.69) is 75.6 Å². The fourth-order valence-electron chi connectivity index (χ4n) is 5.68. The van der Waals surface area contributed by atoms with E-state index in [1.807, 2.05) is 53.6 Å². The van der Waals surface area contributed by atoms with Crippen molar-refractivity contribution in [1.29, 1.82) is 0 Å². The Morgan fingerprint density at radius 2 is 1.42 bits per heavy atom. The molecule has 218 valence electrons. The highest BCUT2D eigenvalue weighted by Crippen LogP contribution is 2.26. The second-order valence-corrected chi connectivity index (χ2v) is 12.3. The lowest BCUT2D eigenvalue weighted by atomic mass is 9.95. The summed E-state index contributed by atoms with van der Waals surface area (Å²) in [5, 5.41) is 8.90. The van der Waals surface area contributed by atoms with Crippen molar-refractivity contribution in [3.8, 4) is 21.6 Å². The molecule has 1 fully saturated rings. The first-order chi connectivity index (χ1) is 21.2. The number of carbonyl (C=O) groups excluding carboxylic acids is 1. The maximum atomic E-state index is 13.5. The number of rotatable bonds is 10. The third kappa shape index (κ3) is 7.98. The molecule has 0 radical (unpaired) electrons. The van der Waals surface area contributed by atoms with Crippen molar-refractivity contribution in [3.63, 3.8) is 0 Å². The molecular formula is C37H38N4OS. The van der Waals surface area contributed by atoms with Gasteiger partial charge in [0.15, 0.2) is 0 Å². The second-order valence-electron chi connectivity index (χ2n) is 11.3. The molecule has 2 amide bonds. The van der Waals surface area contributed by atoms with Crippen LogP contribution in [0.4, 0.5) is 10.5 Å². The van der Waals surface area contributed by atoms with Crippen LogP contribution in [0.25, 0.3) is 21.6 Å². The van der Waals surface area contributed by atoms with Gasteiger partial charge in [0.05, 0.1) is 0 Å². The maximum Gasteiger partial charge on any atom is 0.322 e. The Morgan fingerprint density at radius 3 is 2.07 bits per heavy atom. The average molecular weight is 587 g/mol. The minimum atomic E-state index is -0.144. The van der Waals surface area contributed by atoms with Crippen LogP contribution in [0, 0.1) is 0 Å². The van der Waals surface area contributed by atoms with Gasteiger partial charge in [-0.05, 0) is 75.9 Å². The number of nitrogens with zero attached hydrogens (tertiary/aromatic N) is 2. The predicted molar refractivity (Wildman–Crippen MR) is 178 cm³/mol. The van der Waals surface area contributed by atoms with Crippen LogP contribution in [0.5, 0.6) is 0 Å². The molecule has 0 atom stereocenters. The summed E-state index contributed by atoms with van der Waals surface area (Å²) < 4.78 is 0. The first-order valence-corrected chi connectivity index (χ1v) is 16.1. The van der Waals surface area contributed by atoms with Crippen molar-refractivity contribution in [2.75, 3.05) is 5.32 Å². The Hall–Kier alpha value is -4.26. The Labute approximate surface area is 258 Å². The molecule has 5 aromatic rings. The molecule has 6 heteroatoms. The number of pyridine rings is 1. The fourth-order valence-corrected chi connectivity index (χ4v) is 6.41. The topological polar surface area (TPSA) is 57.3 Å². The van der Waals surface area contributed by atoms with E-state index >= 15 is 0 Å². The van der Waals surface area contributed by atoms with Gasteiger partial charge in [0.2, 0.25) is 0 Å². The molecule has 5 nitrogen and oxygen atoms in total. The molecule has 0 aliphatic heterocycles. The molecular weight excluding hydrogens is 549 g/mol. The van der Waals surface area contributed by atoms with E-state index in [4.69, 9.17) is 0 Å². The van der Waals surface area contributed by atoms with Crippen LogP contribution in [0.2, 0.25) is 0 Å². The highest BCUT2D eigenvalue weighted by atomic mass is 32.1. The Bertz CT molecular complexity index is 1560. The Morgan fingerprint density at radius 1 is 0.744 bits per heavy atom. The molecule has 2 heterocycles. The Kier molecular flexibility index (Phi) is 9.57. The van der Waals surface area contributed by atoms with Crippen molar-refractivity contribution in [2.45, 2.75) is 57.8 Å². The molecule has 0 unspecified atom stereocenters. The first-order valence-electron chi connectivity index (χ1n) is 15.2. The van der Waals surface area contributed by atoms with Crippen molar-refractivity contribution in [3.05, 3.63) is 132 Å². The zero-order valence-corrected chi connectivity index (χ0v) is 25.2. The van der Waals surface area contributed by atoms with Gasteiger partial charge >= 0.3 is 6.03 Å². The van der Waals surface area contributed by atoms with E-state index < -0.39 is 0 Å². The second kappa shape index (κ2) is 14.3. The number of hydrogen-bond donors (Lipinski definition) is 2. The van der Waals surface area contributed by atoms with Crippen LogP contribution in [-0.2, 0) is 19.6 Å². The molecule has 0 saturated heterocycles. The van der Waals surface area contributed by atoms with Gasteiger partial charge in [-0.1, -0.05) is 92.1 Å². The zero-order valence-electron chi connectivity index (χ0n) is 24.4. The van der Waals surface area contributed by atoms with Crippen LogP contribution >= 0.6 is 11.3 Å². The molecule has 2 N–H and O–H groups in total. The van der Waals surface area contributed by atoms with Gasteiger partial charge in [-0.2, -0.15) is 0 Å². The smallest absolute Gasteiger partial charge is 0.316 e. The lowest BCUT2D eigenvalue weighted by Gasteiger charge is -2.23. The van der Waals surface area contributed by atoms with Crippen molar-refractivity contribution in [2.24, 2.45) is 0 Å². The molecule has 1 aliphatic carbocycles. The largest absolute Gasteiger partial charge is 0.322 e. The van der Waals surface area contributed by atoms with E-state index in [9.17, 15) is 4.79 Å². The number of carbonyl (C=O) groups is 1. The minimum Gasteiger partial charge on any atom is -0.316 e. The summed E-state index contributed by atoms with van der Waals surface area (Å²) in [6, 6.07) is 34.0. The molecule has 6 rings (SSSR count). The number of nitrogens with one attached hydrogen (secondary N) is 2. The van der Waals surface area contributed by atoms with E-state index in [1.165, 1.54) is 53.7 Å². The Balaban J connectivity index is 1.10. The van der Waals surface area contributed by atoms with Crippen LogP contribution in [0.3, 0.4) is 0 Å². The summed E-state index contributed by atoms with van der Waals surface area (Å²) in [6.07, 6.45) is 10.2. The number of anilines is 1. The highest BCUT2D eigenvalue weighted by molar-refractivity contribution is 7.13. The number of benzene rings is 3. The summed E-state index contributed by atoms with van der Waals surface area (Å²) in [4.78, 5) is 20.8. The van der Waals surface area contributed by atoms with Crippen molar-refractivity contribution < 1.29 is 4.79 Å². The van der Waals surface area contributed by atoms with Gasteiger partial charge in [0, 0.05) is 48.6 Å². The van der Waals surface area contributed by atoms with E-state index in [1.54, 1.807) is 17.5 Å². The summed E-state index contributed by atoms with van der Waals surface area (Å²) in [5.74, 6) is 0. The zero-order chi connectivity index (χ0) is 29.3. The SMILES string of the molecule is O=C(Nc1ccc(-c2cccs2)cc1)N(Cc1ccc(-c2ccc(CNC3CCCCC3)cc2)cc1)Cc1cccnc1. The first kappa shape index (κ1) is 28.8. The number of thiophene rings is 1. The number of amides is 2. The quantitative estimate of drug-likeness (QED) is 0.172. The number of aromatic nitrogens is 1. The fraction of sp³-hybridized carbons (Fsp3) is 0.243. The van der Waals surface area contributed by atoms with E-state index in [0.717, 1.165) is 28.9 Å². The number of hydrogen-bond acceptors (Lipinski definition) is 4. The third-order valence-corrected chi connectivity index (χ3v) is 9.06. The molecule has 0 bridgehead atoms. The van der Waals surface area contributed by atoms with Crippen LogP contribution in [0.15, 0.2) is 115 Å². The maximum absolute atomic E-state index is 13.5. The van der Waals surface area contributed by atoms with Gasteiger partial charge < -0.3 is 15.5 Å². The van der Waals surface area contributed by atoms with Gasteiger partial charge in [0.25, 0.3) is 0 Å². The van der Waals surface area contributed by atoms with Gasteiger partial charge in [-0.3, -0.25) is 4.98 Å². The van der Waals surface area contributed by atoms with Gasteiger partial charge in [0.1, 0.15) is 0 Å². The number of urea groups is 1. The van der Waals surface area contributed by atoms with Gasteiger partial charge in [-0.15, -0.1) is 11.3 Å².